The molecule has 1 amide bonds. The zero-order valence-corrected chi connectivity index (χ0v) is 14.5. The number of amides is 1. The number of nitrogens with one attached hydrogen (secondary N) is 2. The smallest absolute Gasteiger partial charge is 0.257 e. The van der Waals surface area contributed by atoms with Gasteiger partial charge in [0, 0.05) is 17.2 Å². The Balaban J connectivity index is 2.07. The van der Waals surface area contributed by atoms with Crippen molar-refractivity contribution in [1.82, 2.24) is 9.97 Å². The van der Waals surface area contributed by atoms with Gasteiger partial charge in [-0.15, -0.1) is 11.8 Å². The maximum Gasteiger partial charge on any atom is 0.257 e. The summed E-state index contributed by atoms with van der Waals surface area (Å²) in [7, 11) is 0. The summed E-state index contributed by atoms with van der Waals surface area (Å²) in [5, 5.41) is 3.27. The maximum atomic E-state index is 12.5. The van der Waals surface area contributed by atoms with E-state index in [1.807, 2.05) is 37.4 Å². The molecule has 2 N–H and O–H groups in total. The first-order valence-electron chi connectivity index (χ1n) is 7.33. The molecule has 1 aliphatic rings. The highest BCUT2D eigenvalue weighted by Crippen LogP contribution is 2.34. The highest BCUT2D eigenvalue weighted by molar-refractivity contribution is 7.99. The molecule has 1 aliphatic heterocycles. The van der Waals surface area contributed by atoms with Crippen LogP contribution in [0.4, 0.5) is 5.82 Å². The number of hydrogen-bond acceptors (Lipinski definition) is 5. The van der Waals surface area contributed by atoms with Crippen LogP contribution >= 0.6 is 23.5 Å². The van der Waals surface area contributed by atoms with E-state index in [0.717, 1.165) is 16.2 Å². The number of rotatable bonds is 4. The summed E-state index contributed by atoms with van der Waals surface area (Å²) in [6.45, 7) is 1.98. The molecule has 0 spiro atoms. The molecule has 0 fully saturated rings. The molecule has 3 rings (SSSR count). The zero-order chi connectivity index (χ0) is 16.4. The van der Waals surface area contributed by atoms with Gasteiger partial charge in [-0.2, -0.15) is 0 Å². The van der Waals surface area contributed by atoms with E-state index >= 15 is 0 Å². The first-order chi connectivity index (χ1) is 11.1. The Morgan fingerprint density at radius 2 is 2.00 bits per heavy atom. The molecule has 120 valence electrons. The van der Waals surface area contributed by atoms with Crippen LogP contribution in [0.5, 0.6) is 0 Å². The second kappa shape index (κ2) is 6.80. The van der Waals surface area contributed by atoms with Crippen LogP contribution in [0.3, 0.4) is 0 Å². The Bertz CT molecular complexity index is 787. The summed E-state index contributed by atoms with van der Waals surface area (Å²) < 4.78 is 0. The van der Waals surface area contributed by atoms with Crippen molar-refractivity contribution in [2.75, 3.05) is 17.3 Å². The normalized spacial score (nSPS) is 16.8. The molecule has 1 atom stereocenters. The first kappa shape index (κ1) is 16.1. The van der Waals surface area contributed by atoms with Gasteiger partial charge in [-0.3, -0.25) is 9.59 Å². The number of anilines is 1. The third-order valence-electron chi connectivity index (χ3n) is 3.73. The summed E-state index contributed by atoms with van der Waals surface area (Å²) >= 11 is 3.10. The van der Waals surface area contributed by atoms with Gasteiger partial charge >= 0.3 is 0 Å². The number of aromatic amines is 1. The molecule has 7 heteroatoms. The first-order valence-corrected chi connectivity index (χ1v) is 9.54. The van der Waals surface area contributed by atoms with Gasteiger partial charge in [-0.25, -0.2) is 4.98 Å². The number of thioether (sulfide) groups is 2. The predicted octanol–water partition coefficient (Wildman–Crippen LogP) is 3.08. The Morgan fingerprint density at radius 3 is 2.65 bits per heavy atom. The van der Waals surface area contributed by atoms with Gasteiger partial charge < -0.3 is 10.3 Å². The molecule has 0 bridgehead atoms. The van der Waals surface area contributed by atoms with Crippen molar-refractivity contribution >= 4 is 35.2 Å². The number of hydrogen-bond donors (Lipinski definition) is 2. The molecule has 1 aromatic heterocycles. The fourth-order valence-electron chi connectivity index (χ4n) is 2.68. The van der Waals surface area contributed by atoms with E-state index in [0.29, 0.717) is 16.5 Å². The van der Waals surface area contributed by atoms with Crippen molar-refractivity contribution < 1.29 is 4.79 Å². The average molecular weight is 347 g/mol. The number of aromatic nitrogens is 2. The molecule has 0 unspecified atom stereocenters. The monoisotopic (exact) mass is 347 g/mol. The van der Waals surface area contributed by atoms with Crippen LogP contribution in [0.2, 0.25) is 0 Å². The number of benzene rings is 1. The molecule has 5 nitrogen and oxygen atoms in total. The Kier molecular flexibility index (Phi) is 4.77. The minimum absolute atomic E-state index is 0.109. The summed E-state index contributed by atoms with van der Waals surface area (Å²) in [6, 6.07) is 7.98. The number of H-pyrrole nitrogens is 1. The lowest BCUT2D eigenvalue weighted by atomic mass is 9.87. The highest BCUT2D eigenvalue weighted by atomic mass is 32.2. The van der Waals surface area contributed by atoms with Crippen LogP contribution in [0, 0.1) is 0 Å². The molecule has 0 aliphatic carbocycles. The van der Waals surface area contributed by atoms with Crippen LogP contribution in [0.15, 0.2) is 39.1 Å². The van der Waals surface area contributed by atoms with Crippen LogP contribution in [0.1, 0.15) is 30.4 Å². The molecule has 23 heavy (non-hydrogen) atoms. The summed E-state index contributed by atoms with van der Waals surface area (Å²) in [5.74, 6) is 0.823. The second-order valence-electron chi connectivity index (χ2n) is 5.14. The van der Waals surface area contributed by atoms with Gasteiger partial charge in [0.15, 0.2) is 5.16 Å². The average Bonchev–Trinajstić information content (AvgIpc) is 2.54. The van der Waals surface area contributed by atoms with Crippen molar-refractivity contribution in [3.05, 3.63) is 45.7 Å². The molecular weight excluding hydrogens is 330 g/mol. The van der Waals surface area contributed by atoms with Gasteiger partial charge in [0.1, 0.15) is 5.82 Å². The van der Waals surface area contributed by atoms with E-state index in [1.165, 1.54) is 11.8 Å². The van der Waals surface area contributed by atoms with Gasteiger partial charge in [-0.1, -0.05) is 30.8 Å². The largest absolute Gasteiger partial charge is 0.310 e. The number of carbonyl (C=O) groups excluding carboxylic acids is 1. The molecule has 2 heterocycles. The molecule has 0 radical (unpaired) electrons. The lowest BCUT2D eigenvalue weighted by Gasteiger charge is -2.24. The van der Waals surface area contributed by atoms with E-state index in [9.17, 15) is 9.59 Å². The molecule has 1 aromatic carbocycles. The van der Waals surface area contributed by atoms with E-state index in [2.05, 4.69) is 15.3 Å². The lowest BCUT2D eigenvalue weighted by molar-refractivity contribution is -0.116. The quantitative estimate of drug-likeness (QED) is 0.657. The van der Waals surface area contributed by atoms with Crippen LogP contribution in [0.25, 0.3) is 0 Å². The molecular formula is C16H17N3O2S2. The third-order valence-corrected chi connectivity index (χ3v) is 5.23. The number of carbonyl (C=O) groups is 1. The van der Waals surface area contributed by atoms with Crippen molar-refractivity contribution in [3.63, 3.8) is 0 Å². The van der Waals surface area contributed by atoms with Crippen LogP contribution < -0.4 is 10.9 Å². The minimum Gasteiger partial charge on any atom is -0.310 e. The fraction of sp³-hybridized carbons (Fsp3) is 0.312. The maximum absolute atomic E-state index is 12.5. The molecule has 0 saturated heterocycles. The van der Waals surface area contributed by atoms with Crippen LogP contribution in [-0.2, 0) is 4.79 Å². The standard InChI is InChI=1S/C16H17N3O2S2/c1-3-23-16-18-14-13(15(21)19-16)11(8-12(20)17-14)9-4-6-10(22-2)7-5-9/h4-7,11H,3,8H2,1-2H3,(H2,17,18,19,20,21)/t11-/m1/s1. The van der Waals surface area contributed by atoms with Crippen molar-refractivity contribution in [2.24, 2.45) is 0 Å². The zero-order valence-electron chi connectivity index (χ0n) is 12.9. The van der Waals surface area contributed by atoms with Crippen molar-refractivity contribution in [1.29, 1.82) is 0 Å². The lowest BCUT2D eigenvalue weighted by Crippen LogP contribution is -2.31. The molecule has 2 aromatic rings. The SMILES string of the molecule is CCSc1nc2c(c(=O)[nH]1)[C@@H](c1ccc(SC)cc1)CC(=O)N2. The molecule has 0 saturated carbocycles. The van der Waals surface area contributed by atoms with Gasteiger partial charge in [0.05, 0.1) is 5.56 Å². The van der Waals surface area contributed by atoms with E-state index in [-0.39, 0.29) is 23.8 Å². The summed E-state index contributed by atoms with van der Waals surface area (Å²) in [6.07, 6.45) is 2.27. The Labute approximate surface area is 142 Å². The summed E-state index contributed by atoms with van der Waals surface area (Å²) in [4.78, 5) is 32.9. The van der Waals surface area contributed by atoms with E-state index in [4.69, 9.17) is 0 Å². The topological polar surface area (TPSA) is 74.8 Å². The van der Waals surface area contributed by atoms with Gasteiger partial charge in [-0.05, 0) is 29.7 Å². The van der Waals surface area contributed by atoms with E-state index in [1.54, 1.807) is 11.8 Å². The van der Waals surface area contributed by atoms with Crippen LogP contribution in [-0.4, -0.2) is 27.9 Å². The Hall–Kier alpha value is -1.73. The van der Waals surface area contributed by atoms with Gasteiger partial charge in [0.2, 0.25) is 5.91 Å². The van der Waals surface area contributed by atoms with E-state index < -0.39 is 0 Å². The summed E-state index contributed by atoms with van der Waals surface area (Å²) in [5.41, 5.74) is 1.33. The highest BCUT2D eigenvalue weighted by Gasteiger charge is 2.30. The van der Waals surface area contributed by atoms with Crippen molar-refractivity contribution in [2.45, 2.75) is 29.3 Å². The predicted molar refractivity (Wildman–Crippen MR) is 94.6 cm³/mol. The second-order valence-corrected chi connectivity index (χ2v) is 7.28. The Morgan fingerprint density at radius 1 is 1.26 bits per heavy atom. The van der Waals surface area contributed by atoms with Crippen molar-refractivity contribution in [3.8, 4) is 0 Å². The van der Waals surface area contributed by atoms with Gasteiger partial charge in [0.25, 0.3) is 5.56 Å². The third kappa shape index (κ3) is 3.30. The fourth-order valence-corrected chi connectivity index (χ4v) is 3.68. The number of nitrogens with zero attached hydrogens (tertiary/aromatic N) is 1. The number of fused-ring (bicyclic) bond motifs is 1. The minimum atomic E-state index is -0.258.